The number of nitro benzene ring substituents is 1. The summed E-state index contributed by atoms with van der Waals surface area (Å²) in [4.78, 5) is 10.5. The largest absolute Gasteiger partial charge is 0.372 e. The number of nitrogens with zero attached hydrogens (tertiary/aromatic N) is 1. The van der Waals surface area contributed by atoms with Gasteiger partial charge in [0.05, 0.1) is 17.6 Å². The average molecular weight is 329 g/mol. The maximum Gasteiger partial charge on any atom is 0.283 e. The third kappa shape index (κ3) is 3.52. The van der Waals surface area contributed by atoms with Crippen LogP contribution in [0, 0.1) is 16.0 Å². The van der Waals surface area contributed by atoms with Crippen LogP contribution in [0.15, 0.2) is 22.7 Å². The summed E-state index contributed by atoms with van der Waals surface area (Å²) in [5, 5.41) is 14.2. The van der Waals surface area contributed by atoms with Gasteiger partial charge in [-0.3, -0.25) is 10.1 Å². The molecule has 1 saturated heterocycles. The number of ether oxygens (including phenoxy) is 1. The highest BCUT2D eigenvalue weighted by atomic mass is 79.9. The number of rotatable bonds is 4. The molecule has 0 bridgehead atoms. The second kappa shape index (κ2) is 6.45. The molecule has 2 atom stereocenters. The lowest BCUT2D eigenvalue weighted by Gasteiger charge is -2.29. The Morgan fingerprint density at radius 1 is 1.58 bits per heavy atom. The fraction of sp³-hybridized carbons (Fsp3) is 0.538. The highest BCUT2D eigenvalue weighted by Gasteiger charge is 2.22. The molecule has 104 valence electrons. The van der Waals surface area contributed by atoms with Crippen molar-refractivity contribution in [2.75, 3.05) is 13.1 Å². The van der Waals surface area contributed by atoms with Gasteiger partial charge in [0.2, 0.25) is 0 Å². The molecule has 6 heteroatoms. The minimum atomic E-state index is -0.391. The lowest BCUT2D eigenvalue weighted by Crippen LogP contribution is -2.40. The van der Waals surface area contributed by atoms with Crippen molar-refractivity contribution < 1.29 is 9.66 Å². The van der Waals surface area contributed by atoms with Crippen LogP contribution in [-0.4, -0.2) is 24.1 Å². The van der Waals surface area contributed by atoms with Gasteiger partial charge in [0.25, 0.3) is 5.69 Å². The molecule has 1 aliphatic rings. The summed E-state index contributed by atoms with van der Waals surface area (Å²) in [7, 11) is 0. The van der Waals surface area contributed by atoms with E-state index in [1.807, 2.05) is 6.07 Å². The summed E-state index contributed by atoms with van der Waals surface area (Å²) < 4.78 is 6.39. The van der Waals surface area contributed by atoms with Crippen molar-refractivity contribution in [3.63, 3.8) is 0 Å². The molecule has 1 aromatic rings. The third-order valence-electron chi connectivity index (χ3n) is 3.46. The Balaban J connectivity index is 2.03. The molecule has 19 heavy (non-hydrogen) atoms. The van der Waals surface area contributed by atoms with E-state index in [2.05, 4.69) is 28.2 Å². The van der Waals surface area contributed by atoms with E-state index in [0.717, 1.165) is 25.1 Å². The van der Waals surface area contributed by atoms with Crippen molar-refractivity contribution in [3.05, 3.63) is 38.3 Å². The molecular weight excluding hydrogens is 312 g/mol. The maximum absolute atomic E-state index is 10.9. The summed E-state index contributed by atoms with van der Waals surface area (Å²) in [6.45, 7) is 4.43. The van der Waals surface area contributed by atoms with Crippen LogP contribution in [-0.2, 0) is 11.3 Å². The van der Waals surface area contributed by atoms with Gasteiger partial charge in [-0.2, -0.15) is 0 Å². The molecule has 1 aliphatic heterocycles. The van der Waals surface area contributed by atoms with Gasteiger partial charge in [0.15, 0.2) is 0 Å². The van der Waals surface area contributed by atoms with Crippen molar-refractivity contribution in [1.29, 1.82) is 0 Å². The van der Waals surface area contributed by atoms with Crippen LogP contribution in [0.4, 0.5) is 5.69 Å². The van der Waals surface area contributed by atoms with E-state index in [4.69, 9.17) is 4.74 Å². The predicted octanol–water partition coefficient (Wildman–Crippen LogP) is 2.87. The molecule has 0 aliphatic carbocycles. The van der Waals surface area contributed by atoms with Crippen LogP contribution in [0.3, 0.4) is 0 Å². The van der Waals surface area contributed by atoms with Gasteiger partial charge in [0, 0.05) is 12.6 Å². The number of hydrogen-bond donors (Lipinski definition) is 1. The van der Waals surface area contributed by atoms with E-state index in [1.54, 1.807) is 6.07 Å². The lowest BCUT2D eigenvalue weighted by molar-refractivity contribution is -0.385. The van der Waals surface area contributed by atoms with Gasteiger partial charge in [-0.15, -0.1) is 0 Å². The number of nitro groups is 1. The first kappa shape index (κ1) is 14.4. The minimum absolute atomic E-state index is 0.0796. The van der Waals surface area contributed by atoms with Gasteiger partial charge in [-0.05, 0) is 40.4 Å². The van der Waals surface area contributed by atoms with Crippen molar-refractivity contribution in [1.82, 2.24) is 5.32 Å². The normalized spacial score (nSPS) is 23.3. The van der Waals surface area contributed by atoms with Crippen molar-refractivity contribution in [2.24, 2.45) is 5.92 Å². The van der Waals surface area contributed by atoms with Crippen LogP contribution in [0.2, 0.25) is 0 Å². The number of halogens is 1. The van der Waals surface area contributed by atoms with Gasteiger partial charge < -0.3 is 10.1 Å². The zero-order valence-electron chi connectivity index (χ0n) is 10.8. The first-order chi connectivity index (χ1) is 9.09. The van der Waals surface area contributed by atoms with Gasteiger partial charge in [0.1, 0.15) is 4.47 Å². The summed E-state index contributed by atoms with van der Waals surface area (Å²) in [6.07, 6.45) is 1.26. The van der Waals surface area contributed by atoms with Crippen molar-refractivity contribution in [2.45, 2.75) is 26.1 Å². The second-order valence-corrected chi connectivity index (χ2v) is 5.62. The van der Waals surface area contributed by atoms with Crippen molar-refractivity contribution >= 4 is 21.6 Å². The first-order valence-corrected chi connectivity index (χ1v) is 7.13. The number of nitrogens with one attached hydrogen (secondary N) is 1. The van der Waals surface area contributed by atoms with E-state index in [0.29, 0.717) is 17.0 Å². The van der Waals surface area contributed by atoms with Crippen molar-refractivity contribution in [3.8, 4) is 0 Å². The molecule has 0 aromatic heterocycles. The highest BCUT2D eigenvalue weighted by Crippen LogP contribution is 2.29. The first-order valence-electron chi connectivity index (χ1n) is 6.33. The molecule has 0 radical (unpaired) electrons. The Hall–Kier alpha value is -0.980. The van der Waals surface area contributed by atoms with Crippen LogP contribution < -0.4 is 5.32 Å². The fourth-order valence-electron chi connectivity index (χ4n) is 2.20. The molecule has 0 spiro atoms. The Labute approximate surface area is 120 Å². The van der Waals surface area contributed by atoms with E-state index < -0.39 is 4.92 Å². The molecule has 1 N–H and O–H groups in total. The smallest absolute Gasteiger partial charge is 0.283 e. The zero-order valence-corrected chi connectivity index (χ0v) is 12.4. The van der Waals surface area contributed by atoms with Crippen LogP contribution >= 0.6 is 15.9 Å². The molecule has 0 saturated carbocycles. The SMILES string of the molecule is CC1CCNCC1OCc1cccc([N+](=O)[O-])c1Br. The third-order valence-corrected chi connectivity index (χ3v) is 4.38. The van der Waals surface area contributed by atoms with Crippen LogP contribution in [0.25, 0.3) is 0 Å². The molecule has 2 rings (SSSR count). The molecule has 0 amide bonds. The van der Waals surface area contributed by atoms with Gasteiger partial charge in [-0.25, -0.2) is 0 Å². The minimum Gasteiger partial charge on any atom is -0.372 e. The van der Waals surface area contributed by atoms with E-state index in [-0.39, 0.29) is 11.8 Å². The Bertz CT molecular complexity index is 467. The molecule has 1 aromatic carbocycles. The molecule has 1 heterocycles. The van der Waals surface area contributed by atoms with E-state index in [1.165, 1.54) is 6.07 Å². The number of benzene rings is 1. The van der Waals surface area contributed by atoms with E-state index >= 15 is 0 Å². The fourth-order valence-corrected chi connectivity index (χ4v) is 2.72. The summed E-state index contributed by atoms with van der Waals surface area (Å²) in [5.74, 6) is 0.513. The standard InChI is InChI=1S/C13H17BrN2O3/c1-9-5-6-15-7-12(9)19-8-10-3-2-4-11(13(10)14)16(17)18/h2-4,9,12,15H,5-8H2,1H3. The predicted molar refractivity (Wildman–Crippen MR) is 76.0 cm³/mol. The number of hydrogen-bond acceptors (Lipinski definition) is 4. The Kier molecular flexibility index (Phi) is 4.90. The monoisotopic (exact) mass is 328 g/mol. The zero-order chi connectivity index (χ0) is 13.8. The topological polar surface area (TPSA) is 64.4 Å². The molecule has 1 fully saturated rings. The molecule has 5 nitrogen and oxygen atoms in total. The lowest BCUT2D eigenvalue weighted by atomic mass is 9.97. The quantitative estimate of drug-likeness (QED) is 0.681. The van der Waals surface area contributed by atoms with Crippen LogP contribution in [0.5, 0.6) is 0 Å². The Morgan fingerprint density at radius 3 is 3.05 bits per heavy atom. The van der Waals surface area contributed by atoms with Gasteiger partial charge >= 0.3 is 0 Å². The van der Waals surface area contributed by atoms with Gasteiger partial charge in [-0.1, -0.05) is 19.1 Å². The number of piperidine rings is 1. The average Bonchev–Trinajstić information content (AvgIpc) is 2.39. The second-order valence-electron chi connectivity index (χ2n) is 4.83. The Morgan fingerprint density at radius 2 is 2.37 bits per heavy atom. The van der Waals surface area contributed by atoms with E-state index in [9.17, 15) is 10.1 Å². The maximum atomic E-state index is 10.9. The summed E-state index contributed by atoms with van der Waals surface area (Å²) in [6, 6.07) is 5.01. The van der Waals surface area contributed by atoms with Crippen LogP contribution in [0.1, 0.15) is 18.9 Å². The summed E-state index contributed by atoms with van der Waals surface area (Å²) in [5.41, 5.74) is 0.892. The summed E-state index contributed by atoms with van der Waals surface area (Å²) >= 11 is 3.28. The molecular formula is C13H17BrN2O3. The highest BCUT2D eigenvalue weighted by molar-refractivity contribution is 9.10. The molecule has 2 unspecified atom stereocenters.